The van der Waals surface area contributed by atoms with E-state index in [9.17, 15) is 29.1 Å². The van der Waals surface area contributed by atoms with Gasteiger partial charge in [0, 0.05) is 25.2 Å². The van der Waals surface area contributed by atoms with E-state index in [1.807, 2.05) is 30.3 Å². The average molecular weight is 628 g/mol. The zero-order chi connectivity index (χ0) is 32.1. The van der Waals surface area contributed by atoms with E-state index in [4.69, 9.17) is 4.74 Å². The van der Waals surface area contributed by atoms with Crippen LogP contribution in [0.4, 0.5) is 10.5 Å². The van der Waals surface area contributed by atoms with Crippen LogP contribution in [0.2, 0.25) is 0 Å². The van der Waals surface area contributed by atoms with E-state index in [0.717, 1.165) is 18.4 Å². The molecular weight excluding hydrogens is 586 g/mol. The lowest BCUT2D eigenvalue weighted by Gasteiger charge is -2.34. The van der Waals surface area contributed by atoms with Crippen molar-refractivity contribution in [1.82, 2.24) is 20.5 Å². The summed E-state index contributed by atoms with van der Waals surface area (Å²) >= 11 is 4.31. The van der Waals surface area contributed by atoms with Crippen LogP contribution in [0.1, 0.15) is 64.5 Å². The van der Waals surface area contributed by atoms with Gasteiger partial charge >= 0.3 is 6.09 Å². The molecule has 1 saturated heterocycles. The van der Waals surface area contributed by atoms with Gasteiger partial charge < -0.3 is 30.4 Å². The van der Waals surface area contributed by atoms with Crippen molar-refractivity contribution in [3.05, 3.63) is 64.6 Å². The minimum absolute atomic E-state index is 0.0540. The summed E-state index contributed by atoms with van der Waals surface area (Å²) < 4.78 is 6.50. The Kier molecular flexibility index (Phi) is 10.4. The Morgan fingerprint density at radius 1 is 1.07 bits per heavy atom. The minimum Gasteiger partial charge on any atom is -0.444 e. The van der Waals surface area contributed by atoms with E-state index in [1.54, 1.807) is 20.8 Å². The fourth-order valence-corrected chi connectivity index (χ4v) is 5.34. The van der Waals surface area contributed by atoms with Crippen LogP contribution >= 0.6 is 12.6 Å². The second kappa shape index (κ2) is 13.9. The number of carbonyl (C=O) groups is 4. The molecule has 44 heavy (non-hydrogen) atoms. The van der Waals surface area contributed by atoms with Gasteiger partial charge in [-0.25, -0.2) is 4.79 Å². The van der Waals surface area contributed by atoms with Crippen molar-refractivity contribution in [2.24, 2.45) is 11.8 Å². The van der Waals surface area contributed by atoms with Crippen LogP contribution in [-0.2, 0) is 25.7 Å². The van der Waals surface area contributed by atoms with E-state index in [2.05, 4.69) is 33.9 Å². The first-order chi connectivity index (χ1) is 20.7. The summed E-state index contributed by atoms with van der Waals surface area (Å²) in [6, 6.07) is 9.75. The van der Waals surface area contributed by atoms with Crippen LogP contribution in [0.25, 0.3) is 0 Å². The first-order valence-corrected chi connectivity index (χ1v) is 15.3. The summed E-state index contributed by atoms with van der Waals surface area (Å²) in [5, 5.41) is 22.0. The van der Waals surface area contributed by atoms with Crippen LogP contribution in [0, 0.1) is 11.8 Å². The second-order valence-corrected chi connectivity index (χ2v) is 13.1. The Morgan fingerprint density at radius 2 is 1.77 bits per heavy atom. The van der Waals surface area contributed by atoms with Crippen LogP contribution in [-0.4, -0.2) is 56.6 Å². The van der Waals surface area contributed by atoms with Crippen molar-refractivity contribution >= 4 is 42.1 Å². The summed E-state index contributed by atoms with van der Waals surface area (Å²) in [5.74, 6) is -2.08. The molecular formula is C31H41N5O7S. The molecule has 5 N–H and O–H groups in total. The van der Waals surface area contributed by atoms with Gasteiger partial charge in [-0.3, -0.25) is 24.5 Å². The molecule has 1 saturated carbocycles. The molecule has 0 spiro atoms. The van der Waals surface area contributed by atoms with Gasteiger partial charge in [-0.05, 0) is 63.6 Å². The smallest absolute Gasteiger partial charge is 0.412 e. The number of thiol groups is 1. The molecule has 4 amide bonds. The summed E-state index contributed by atoms with van der Waals surface area (Å²) in [4.78, 5) is 63.1. The Labute approximate surface area is 261 Å². The van der Waals surface area contributed by atoms with Gasteiger partial charge in [0.1, 0.15) is 17.3 Å². The van der Waals surface area contributed by atoms with Crippen LogP contribution in [0.15, 0.2) is 53.5 Å². The van der Waals surface area contributed by atoms with E-state index in [-0.39, 0.29) is 30.5 Å². The topological polar surface area (TPSA) is 168 Å². The predicted octanol–water partition coefficient (Wildman–Crippen LogP) is 2.48. The molecule has 1 aliphatic carbocycles. The van der Waals surface area contributed by atoms with E-state index < -0.39 is 52.0 Å². The normalized spacial score (nSPS) is 19.2. The number of carbonyl (C=O) groups excluding carboxylic acids is 4. The molecule has 2 heterocycles. The van der Waals surface area contributed by atoms with Gasteiger partial charge in [0.15, 0.2) is 0 Å². The van der Waals surface area contributed by atoms with Crippen molar-refractivity contribution in [1.29, 1.82) is 0 Å². The SMILES string of the molecule is CC(C)(C)OC(=O)Nc1cccn([C@@H](CC2CC2)C(=O)N[C@@H](C[C@H]2CCNC2=O)[C@@](O)(S)C(=O)NCc2ccccc2)c1=O. The van der Waals surface area contributed by atoms with Gasteiger partial charge in [0.2, 0.25) is 16.7 Å². The van der Waals surface area contributed by atoms with Gasteiger partial charge in [0.05, 0.1) is 6.04 Å². The molecule has 0 radical (unpaired) electrons. The predicted molar refractivity (Wildman–Crippen MR) is 167 cm³/mol. The van der Waals surface area contributed by atoms with Crippen LogP contribution in [0.3, 0.4) is 0 Å². The zero-order valence-electron chi connectivity index (χ0n) is 25.2. The summed E-state index contributed by atoms with van der Waals surface area (Å²) in [7, 11) is 0. The van der Waals surface area contributed by atoms with Crippen LogP contribution < -0.4 is 26.8 Å². The van der Waals surface area contributed by atoms with Gasteiger partial charge in [-0.1, -0.05) is 43.2 Å². The number of amides is 4. The zero-order valence-corrected chi connectivity index (χ0v) is 26.1. The molecule has 1 aliphatic heterocycles. The number of nitrogens with one attached hydrogen (secondary N) is 4. The molecule has 238 valence electrons. The summed E-state index contributed by atoms with van der Waals surface area (Å²) in [5.41, 5.74) is -0.674. The van der Waals surface area contributed by atoms with Crippen LogP contribution in [0.5, 0.6) is 0 Å². The monoisotopic (exact) mass is 627 g/mol. The first kappa shape index (κ1) is 33.1. The maximum atomic E-state index is 13.9. The Morgan fingerprint density at radius 3 is 2.39 bits per heavy atom. The number of rotatable bonds is 12. The summed E-state index contributed by atoms with van der Waals surface area (Å²) in [6.45, 7) is 5.64. The minimum atomic E-state index is -2.39. The average Bonchev–Trinajstić information content (AvgIpc) is 3.69. The Balaban J connectivity index is 1.58. The van der Waals surface area contributed by atoms with E-state index in [0.29, 0.717) is 19.4 Å². The van der Waals surface area contributed by atoms with Crippen molar-refractivity contribution in [3.8, 4) is 0 Å². The quantitative estimate of drug-likeness (QED) is 0.155. The maximum absolute atomic E-state index is 13.9. The van der Waals surface area contributed by atoms with E-state index in [1.165, 1.54) is 22.9 Å². The number of hydrogen-bond acceptors (Lipinski definition) is 8. The fraction of sp³-hybridized carbons (Fsp3) is 0.516. The molecule has 2 aromatic rings. The van der Waals surface area contributed by atoms with Gasteiger partial charge in [-0.2, -0.15) is 0 Å². The molecule has 4 atom stereocenters. The number of ether oxygens (including phenoxy) is 1. The lowest BCUT2D eigenvalue weighted by Crippen LogP contribution is -2.59. The van der Waals surface area contributed by atoms with Crippen molar-refractivity contribution in [2.75, 3.05) is 11.9 Å². The number of hydrogen-bond donors (Lipinski definition) is 6. The number of anilines is 1. The molecule has 0 unspecified atom stereocenters. The molecule has 1 aromatic heterocycles. The fourth-order valence-electron chi connectivity index (χ4n) is 5.09. The first-order valence-electron chi connectivity index (χ1n) is 14.8. The number of nitrogens with zero attached hydrogens (tertiary/aromatic N) is 1. The largest absolute Gasteiger partial charge is 0.444 e. The van der Waals surface area contributed by atoms with Crippen molar-refractivity contribution < 1.29 is 29.0 Å². The molecule has 12 nitrogen and oxygen atoms in total. The third-order valence-electron chi connectivity index (χ3n) is 7.62. The highest BCUT2D eigenvalue weighted by Crippen LogP contribution is 2.37. The molecule has 13 heteroatoms. The third kappa shape index (κ3) is 8.85. The Bertz CT molecular complexity index is 1420. The highest BCUT2D eigenvalue weighted by molar-refractivity contribution is 7.82. The Hall–Kier alpha value is -3.84. The maximum Gasteiger partial charge on any atom is 0.412 e. The number of benzene rings is 1. The molecule has 1 aromatic carbocycles. The van der Waals surface area contributed by atoms with Gasteiger partial charge in [-0.15, -0.1) is 12.6 Å². The second-order valence-electron chi connectivity index (χ2n) is 12.4. The third-order valence-corrected chi connectivity index (χ3v) is 8.13. The van der Waals surface area contributed by atoms with E-state index >= 15 is 0 Å². The summed E-state index contributed by atoms with van der Waals surface area (Å²) in [6.07, 6.45) is 3.15. The molecule has 2 aliphatic rings. The van der Waals surface area contributed by atoms with Crippen molar-refractivity contribution in [2.45, 2.75) is 82.0 Å². The molecule has 4 rings (SSSR count). The van der Waals surface area contributed by atoms with Gasteiger partial charge in [0.25, 0.3) is 11.5 Å². The highest BCUT2D eigenvalue weighted by atomic mass is 32.1. The molecule has 0 bridgehead atoms. The number of aliphatic hydroxyl groups is 1. The number of pyridine rings is 1. The lowest BCUT2D eigenvalue weighted by molar-refractivity contribution is -0.137. The molecule has 2 fully saturated rings. The standard InChI is InChI=1S/C31H41N5O7S/c1-30(2,3)43-29(41)34-22-10-7-15-36(27(22)39)23(16-19-11-12-19)26(38)35-24(17-21-13-14-32-25(21)37)31(42,44)28(40)33-18-20-8-5-4-6-9-20/h4-10,15,19,21,23-24,42,44H,11-14,16-18H2,1-3H3,(H,32,37)(H,33,40)(H,34,41)(H,35,38)/t21-,23+,24+,31-/m1/s1. The van der Waals surface area contributed by atoms with Crippen molar-refractivity contribution in [3.63, 3.8) is 0 Å². The lowest BCUT2D eigenvalue weighted by atomic mass is 9.93. The highest BCUT2D eigenvalue weighted by Gasteiger charge is 2.45. The number of aromatic nitrogens is 1.